The van der Waals surface area contributed by atoms with Gasteiger partial charge >= 0.3 is 0 Å². The first-order valence-corrected chi connectivity index (χ1v) is 8.05. The number of rotatable bonds is 7. The fourth-order valence-corrected chi connectivity index (χ4v) is 2.75. The van der Waals surface area contributed by atoms with Gasteiger partial charge in [-0.15, -0.1) is 0 Å². The Hall–Kier alpha value is -0.610. The smallest absolute Gasteiger partial charge is 0.248 e. The molecule has 0 heterocycles. The number of carbonyl (C=O) groups excluding carboxylic acids is 1. The summed E-state index contributed by atoms with van der Waals surface area (Å²) < 4.78 is 5.86. The Labute approximate surface area is 123 Å². The van der Waals surface area contributed by atoms with Gasteiger partial charge in [0.15, 0.2) is 0 Å². The fraction of sp³-hybridized carbons (Fsp3) is 0.938. The average Bonchev–Trinajstić information content (AvgIpc) is 2.44. The van der Waals surface area contributed by atoms with Crippen molar-refractivity contribution in [2.75, 3.05) is 6.54 Å². The van der Waals surface area contributed by atoms with E-state index < -0.39 is 11.7 Å². The summed E-state index contributed by atoms with van der Waals surface area (Å²) in [6.45, 7) is 8.19. The van der Waals surface area contributed by atoms with Crippen molar-refractivity contribution in [2.24, 2.45) is 5.92 Å². The average molecular weight is 285 g/mol. The largest absolute Gasteiger partial charge is 0.388 e. The molecule has 1 aliphatic rings. The summed E-state index contributed by atoms with van der Waals surface area (Å²) in [5, 5.41) is 13.0. The van der Waals surface area contributed by atoms with Crippen LogP contribution in [0.4, 0.5) is 0 Å². The van der Waals surface area contributed by atoms with Gasteiger partial charge in [-0.05, 0) is 38.5 Å². The Morgan fingerprint density at radius 3 is 2.60 bits per heavy atom. The Morgan fingerprint density at radius 1 is 1.40 bits per heavy atom. The van der Waals surface area contributed by atoms with Crippen LogP contribution in [-0.2, 0) is 9.53 Å². The SMILES string of the molecule is CCC(O)(CC)CNC(=O)C(C)OC1CCCC(C)C1. The first kappa shape index (κ1) is 17.4. The molecule has 1 saturated carbocycles. The number of ether oxygens (including phenoxy) is 1. The third kappa shape index (κ3) is 5.41. The predicted octanol–water partition coefficient (Wildman–Crippen LogP) is 2.64. The van der Waals surface area contributed by atoms with Crippen molar-refractivity contribution >= 4 is 5.91 Å². The molecule has 0 aromatic rings. The third-order valence-electron chi connectivity index (χ3n) is 4.56. The normalized spacial score (nSPS) is 25.2. The molecule has 1 rings (SSSR count). The molecule has 1 fully saturated rings. The van der Waals surface area contributed by atoms with Gasteiger partial charge in [-0.2, -0.15) is 0 Å². The molecule has 2 N–H and O–H groups in total. The molecule has 0 aliphatic heterocycles. The van der Waals surface area contributed by atoms with E-state index in [1.807, 2.05) is 13.8 Å². The number of hydrogen-bond acceptors (Lipinski definition) is 3. The zero-order valence-corrected chi connectivity index (χ0v) is 13.4. The molecule has 0 radical (unpaired) electrons. The van der Waals surface area contributed by atoms with Gasteiger partial charge in [0.2, 0.25) is 5.91 Å². The van der Waals surface area contributed by atoms with E-state index in [0.29, 0.717) is 25.3 Å². The minimum Gasteiger partial charge on any atom is -0.388 e. The molecule has 0 spiro atoms. The monoisotopic (exact) mass is 285 g/mol. The van der Waals surface area contributed by atoms with Gasteiger partial charge in [-0.3, -0.25) is 4.79 Å². The van der Waals surface area contributed by atoms with Gasteiger partial charge in [0, 0.05) is 6.54 Å². The Balaban J connectivity index is 2.35. The van der Waals surface area contributed by atoms with Crippen molar-refractivity contribution in [1.82, 2.24) is 5.32 Å². The molecular formula is C16H31NO3. The number of amides is 1. The van der Waals surface area contributed by atoms with Crippen LogP contribution in [0, 0.1) is 5.92 Å². The van der Waals surface area contributed by atoms with Crippen LogP contribution in [0.3, 0.4) is 0 Å². The highest BCUT2D eigenvalue weighted by Crippen LogP contribution is 2.26. The van der Waals surface area contributed by atoms with E-state index in [2.05, 4.69) is 12.2 Å². The lowest BCUT2D eigenvalue weighted by Crippen LogP contribution is -2.46. The van der Waals surface area contributed by atoms with Crippen LogP contribution in [0.15, 0.2) is 0 Å². The highest BCUT2D eigenvalue weighted by Gasteiger charge is 2.27. The molecule has 1 aliphatic carbocycles. The van der Waals surface area contributed by atoms with Crippen LogP contribution in [0.2, 0.25) is 0 Å². The number of aliphatic hydroxyl groups is 1. The zero-order valence-electron chi connectivity index (χ0n) is 13.4. The van der Waals surface area contributed by atoms with Crippen molar-refractivity contribution in [1.29, 1.82) is 0 Å². The molecule has 4 heteroatoms. The fourth-order valence-electron chi connectivity index (χ4n) is 2.75. The quantitative estimate of drug-likeness (QED) is 0.756. The number of hydrogen-bond donors (Lipinski definition) is 2. The maximum absolute atomic E-state index is 12.0. The van der Waals surface area contributed by atoms with Crippen molar-refractivity contribution in [3.8, 4) is 0 Å². The van der Waals surface area contributed by atoms with Gasteiger partial charge in [0.1, 0.15) is 6.10 Å². The Bertz CT molecular complexity index is 302. The second kappa shape index (κ2) is 7.99. The third-order valence-corrected chi connectivity index (χ3v) is 4.56. The lowest BCUT2D eigenvalue weighted by atomic mass is 9.88. The molecule has 3 atom stereocenters. The standard InChI is InChI=1S/C16H31NO3/c1-5-16(19,6-2)11-17-15(18)13(4)20-14-9-7-8-12(3)10-14/h12-14,19H,5-11H2,1-4H3,(H,17,18). The maximum Gasteiger partial charge on any atom is 0.248 e. The molecule has 3 unspecified atom stereocenters. The highest BCUT2D eigenvalue weighted by molar-refractivity contribution is 5.80. The first-order chi connectivity index (χ1) is 9.40. The van der Waals surface area contributed by atoms with Gasteiger partial charge in [0.05, 0.1) is 11.7 Å². The topological polar surface area (TPSA) is 58.6 Å². The van der Waals surface area contributed by atoms with Crippen LogP contribution < -0.4 is 5.32 Å². The second-order valence-electron chi connectivity index (χ2n) is 6.32. The van der Waals surface area contributed by atoms with Crippen molar-refractivity contribution in [3.63, 3.8) is 0 Å². The summed E-state index contributed by atoms with van der Waals surface area (Å²) in [5.41, 5.74) is -0.797. The molecule has 4 nitrogen and oxygen atoms in total. The molecule has 118 valence electrons. The van der Waals surface area contributed by atoms with E-state index in [1.54, 1.807) is 6.92 Å². The summed E-state index contributed by atoms with van der Waals surface area (Å²) in [5.74, 6) is 0.567. The molecule has 0 bridgehead atoms. The van der Waals surface area contributed by atoms with E-state index in [-0.39, 0.29) is 12.0 Å². The van der Waals surface area contributed by atoms with Crippen molar-refractivity contribution in [2.45, 2.75) is 84.0 Å². The predicted molar refractivity (Wildman–Crippen MR) is 80.5 cm³/mol. The Kier molecular flexibility index (Phi) is 6.96. The summed E-state index contributed by atoms with van der Waals surface area (Å²) >= 11 is 0. The molecule has 0 aromatic heterocycles. The van der Waals surface area contributed by atoms with Gasteiger partial charge in [-0.1, -0.05) is 33.6 Å². The van der Waals surface area contributed by atoms with E-state index in [0.717, 1.165) is 12.8 Å². The van der Waals surface area contributed by atoms with Crippen molar-refractivity contribution in [3.05, 3.63) is 0 Å². The second-order valence-corrected chi connectivity index (χ2v) is 6.32. The van der Waals surface area contributed by atoms with Crippen molar-refractivity contribution < 1.29 is 14.6 Å². The minimum atomic E-state index is -0.797. The lowest BCUT2D eigenvalue weighted by molar-refractivity contribution is -0.138. The number of nitrogens with one attached hydrogen (secondary N) is 1. The van der Waals surface area contributed by atoms with E-state index in [4.69, 9.17) is 4.74 Å². The summed E-state index contributed by atoms with van der Waals surface area (Å²) in [6.07, 6.45) is 5.59. The summed E-state index contributed by atoms with van der Waals surface area (Å²) in [7, 11) is 0. The Morgan fingerprint density at radius 2 is 2.05 bits per heavy atom. The molecule has 0 saturated heterocycles. The zero-order chi connectivity index (χ0) is 15.2. The van der Waals surface area contributed by atoms with E-state index >= 15 is 0 Å². The summed E-state index contributed by atoms with van der Waals surface area (Å²) in [4.78, 5) is 12.0. The highest BCUT2D eigenvalue weighted by atomic mass is 16.5. The first-order valence-electron chi connectivity index (χ1n) is 8.05. The minimum absolute atomic E-state index is 0.122. The molecule has 1 amide bonds. The van der Waals surface area contributed by atoms with E-state index in [1.165, 1.54) is 12.8 Å². The lowest BCUT2D eigenvalue weighted by Gasteiger charge is -2.30. The van der Waals surface area contributed by atoms with Crippen LogP contribution >= 0.6 is 0 Å². The van der Waals surface area contributed by atoms with E-state index in [9.17, 15) is 9.90 Å². The number of carbonyl (C=O) groups is 1. The van der Waals surface area contributed by atoms with Gasteiger partial charge < -0.3 is 15.2 Å². The van der Waals surface area contributed by atoms with Crippen LogP contribution in [0.1, 0.15) is 66.2 Å². The van der Waals surface area contributed by atoms with Gasteiger partial charge in [-0.25, -0.2) is 0 Å². The van der Waals surface area contributed by atoms with Crippen LogP contribution in [0.5, 0.6) is 0 Å². The molecule has 20 heavy (non-hydrogen) atoms. The van der Waals surface area contributed by atoms with Crippen LogP contribution in [0.25, 0.3) is 0 Å². The van der Waals surface area contributed by atoms with Gasteiger partial charge in [0.25, 0.3) is 0 Å². The van der Waals surface area contributed by atoms with Crippen LogP contribution in [-0.4, -0.2) is 35.4 Å². The summed E-state index contributed by atoms with van der Waals surface area (Å²) in [6, 6.07) is 0. The molecule has 0 aromatic carbocycles. The molecular weight excluding hydrogens is 254 g/mol. The maximum atomic E-state index is 12.0.